The van der Waals surface area contributed by atoms with Crippen molar-refractivity contribution in [2.45, 2.75) is 40.2 Å². The second kappa shape index (κ2) is 8.28. The number of hydrogen-bond acceptors (Lipinski definition) is 2. The molecule has 1 heterocycles. The lowest BCUT2D eigenvalue weighted by Crippen LogP contribution is -2.17. The van der Waals surface area contributed by atoms with Gasteiger partial charge in [0.05, 0.1) is 5.69 Å². The molecule has 4 heteroatoms. The number of aryl methyl sites for hydroxylation is 2. The van der Waals surface area contributed by atoms with Gasteiger partial charge in [-0.3, -0.25) is 4.79 Å². The number of thiazole rings is 1. The Labute approximate surface area is 158 Å². The lowest BCUT2D eigenvalue weighted by molar-refractivity contribution is 0.0997. The molecule has 1 aromatic heterocycles. The predicted octanol–water partition coefficient (Wildman–Crippen LogP) is 5.24. The van der Waals surface area contributed by atoms with Crippen LogP contribution in [0.5, 0.6) is 0 Å². The van der Waals surface area contributed by atoms with Gasteiger partial charge in [0.1, 0.15) is 0 Å². The van der Waals surface area contributed by atoms with Crippen LogP contribution in [0.25, 0.3) is 11.3 Å². The van der Waals surface area contributed by atoms with E-state index >= 15 is 0 Å². The van der Waals surface area contributed by atoms with Crippen LogP contribution in [0.1, 0.15) is 41.1 Å². The summed E-state index contributed by atoms with van der Waals surface area (Å²) < 4.78 is 2.17. The number of aromatic nitrogens is 1. The third-order valence-corrected chi connectivity index (χ3v) is 5.53. The first kappa shape index (κ1) is 18.3. The average Bonchev–Trinajstić information content (AvgIpc) is 3.00. The van der Waals surface area contributed by atoms with Crippen LogP contribution in [-0.4, -0.2) is 10.5 Å². The van der Waals surface area contributed by atoms with Gasteiger partial charge in [-0.15, -0.1) is 11.3 Å². The fraction of sp³-hybridized carbons (Fsp3) is 0.273. The molecular weight excluding hydrogens is 340 g/mol. The summed E-state index contributed by atoms with van der Waals surface area (Å²) >= 11 is 1.63. The monoisotopic (exact) mass is 364 g/mol. The van der Waals surface area contributed by atoms with E-state index in [2.05, 4.69) is 47.7 Å². The Morgan fingerprint density at radius 2 is 1.73 bits per heavy atom. The second-order valence-electron chi connectivity index (χ2n) is 6.25. The fourth-order valence-corrected chi connectivity index (χ4v) is 4.42. The van der Waals surface area contributed by atoms with Gasteiger partial charge in [-0.1, -0.05) is 61.9 Å². The van der Waals surface area contributed by atoms with Gasteiger partial charge in [0.2, 0.25) is 0 Å². The third kappa shape index (κ3) is 3.70. The highest BCUT2D eigenvalue weighted by Gasteiger charge is 2.15. The van der Waals surface area contributed by atoms with Crippen LogP contribution in [0, 0.1) is 6.92 Å². The summed E-state index contributed by atoms with van der Waals surface area (Å²) in [5.41, 5.74) is 4.00. The molecule has 0 aliphatic heterocycles. The lowest BCUT2D eigenvalue weighted by Gasteiger charge is -2.08. The van der Waals surface area contributed by atoms with Crippen LogP contribution in [0.4, 0.5) is 0 Å². The summed E-state index contributed by atoms with van der Waals surface area (Å²) in [6, 6.07) is 18.0. The molecule has 0 bridgehead atoms. The van der Waals surface area contributed by atoms with E-state index in [4.69, 9.17) is 0 Å². The van der Waals surface area contributed by atoms with Gasteiger partial charge in [-0.25, -0.2) is 0 Å². The minimum absolute atomic E-state index is 0.172. The smallest absolute Gasteiger partial charge is 0.279 e. The summed E-state index contributed by atoms with van der Waals surface area (Å²) in [4.78, 5) is 19.3. The van der Waals surface area contributed by atoms with Crippen molar-refractivity contribution in [2.75, 3.05) is 0 Å². The van der Waals surface area contributed by atoms with E-state index in [9.17, 15) is 4.79 Å². The van der Waals surface area contributed by atoms with Crippen LogP contribution >= 0.6 is 11.3 Å². The highest BCUT2D eigenvalue weighted by atomic mass is 32.1. The Bertz CT molecular complexity index is 967. The fourth-order valence-electron chi connectivity index (χ4n) is 3.11. The molecule has 134 valence electrons. The maximum absolute atomic E-state index is 12.7. The number of carbonyl (C=O) groups is 1. The molecule has 0 unspecified atom stereocenters. The summed E-state index contributed by atoms with van der Waals surface area (Å²) in [6.45, 7) is 7.01. The molecule has 3 rings (SSSR count). The molecule has 0 aliphatic carbocycles. The SMILES string of the molecule is CCCc1sc(=NC(=O)c2ccccc2C)n(CC)c1-c1ccccc1. The van der Waals surface area contributed by atoms with Gasteiger partial charge in [0.25, 0.3) is 5.91 Å². The minimum Gasteiger partial charge on any atom is -0.316 e. The highest BCUT2D eigenvalue weighted by Crippen LogP contribution is 2.27. The van der Waals surface area contributed by atoms with Gasteiger partial charge >= 0.3 is 0 Å². The molecule has 0 N–H and O–H groups in total. The topological polar surface area (TPSA) is 34.4 Å². The molecule has 0 spiro atoms. The normalized spacial score (nSPS) is 11.7. The first-order chi connectivity index (χ1) is 12.7. The molecule has 2 aromatic carbocycles. The molecule has 0 aliphatic rings. The Hall–Kier alpha value is -2.46. The maximum atomic E-state index is 12.7. The molecule has 0 radical (unpaired) electrons. The summed E-state index contributed by atoms with van der Waals surface area (Å²) in [6.07, 6.45) is 2.05. The number of benzene rings is 2. The lowest BCUT2D eigenvalue weighted by atomic mass is 10.1. The maximum Gasteiger partial charge on any atom is 0.279 e. The van der Waals surface area contributed by atoms with Crippen LogP contribution < -0.4 is 4.80 Å². The van der Waals surface area contributed by atoms with Crippen molar-refractivity contribution < 1.29 is 4.79 Å². The van der Waals surface area contributed by atoms with Crippen molar-refractivity contribution in [3.05, 3.63) is 75.4 Å². The molecule has 0 saturated heterocycles. The van der Waals surface area contributed by atoms with E-state index in [1.165, 1.54) is 16.1 Å². The second-order valence-corrected chi connectivity index (χ2v) is 7.31. The molecule has 1 amide bonds. The van der Waals surface area contributed by atoms with Gasteiger partial charge in [-0.05, 0) is 37.5 Å². The van der Waals surface area contributed by atoms with E-state index < -0.39 is 0 Å². The van der Waals surface area contributed by atoms with E-state index in [1.807, 2.05) is 37.3 Å². The molecule has 26 heavy (non-hydrogen) atoms. The van der Waals surface area contributed by atoms with Crippen molar-refractivity contribution in [1.82, 2.24) is 4.57 Å². The van der Waals surface area contributed by atoms with E-state index in [0.717, 1.165) is 29.8 Å². The standard InChI is InChI=1S/C22H24N2OS/c1-4-11-19-20(17-13-7-6-8-14-17)24(5-2)22(26-19)23-21(25)18-15-10-9-12-16(18)3/h6-10,12-15H,4-5,11H2,1-3H3. The van der Waals surface area contributed by atoms with Crippen molar-refractivity contribution in [3.8, 4) is 11.3 Å². The van der Waals surface area contributed by atoms with E-state index in [0.29, 0.717) is 5.56 Å². The quantitative estimate of drug-likeness (QED) is 0.610. The summed E-state index contributed by atoms with van der Waals surface area (Å²) in [7, 11) is 0. The van der Waals surface area contributed by atoms with Crippen molar-refractivity contribution in [2.24, 2.45) is 4.99 Å². The zero-order chi connectivity index (χ0) is 18.5. The van der Waals surface area contributed by atoms with Crippen LogP contribution in [0.15, 0.2) is 59.6 Å². The molecule has 3 nitrogen and oxygen atoms in total. The predicted molar refractivity (Wildman–Crippen MR) is 108 cm³/mol. The number of amides is 1. The summed E-state index contributed by atoms with van der Waals surface area (Å²) in [5.74, 6) is -0.172. The number of hydrogen-bond donors (Lipinski definition) is 0. The number of rotatable bonds is 5. The largest absolute Gasteiger partial charge is 0.316 e. The van der Waals surface area contributed by atoms with E-state index in [-0.39, 0.29) is 5.91 Å². The average molecular weight is 365 g/mol. The van der Waals surface area contributed by atoms with Gasteiger partial charge in [0, 0.05) is 17.0 Å². The number of nitrogens with zero attached hydrogens (tertiary/aromatic N) is 2. The van der Waals surface area contributed by atoms with E-state index in [1.54, 1.807) is 11.3 Å². The molecule has 3 aromatic rings. The summed E-state index contributed by atoms with van der Waals surface area (Å²) in [5, 5.41) is 0. The molecule has 0 fully saturated rings. The highest BCUT2D eigenvalue weighted by molar-refractivity contribution is 7.09. The van der Waals surface area contributed by atoms with Crippen LogP contribution in [0.2, 0.25) is 0 Å². The molecule has 0 atom stereocenters. The van der Waals surface area contributed by atoms with Gasteiger partial charge in [0.15, 0.2) is 4.80 Å². The van der Waals surface area contributed by atoms with Crippen molar-refractivity contribution in [1.29, 1.82) is 0 Å². The zero-order valence-corrected chi connectivity index (χ0v) is 16.3. The van der Waals surface area contributed by atoms with Gasteiger partial charge in [-0.2, -0.15) is 4.99 Å². The molecular formula is C22H24N2OS. The molecule has 0 saturated carbocycles. The van der Waals surface area contributed by atoms with Crippen molar-refractivity contribution in [3.63, 3.8) is 0 Å². The first-order valence-electron chi connectivity index (χ1n) is 9.08. The van der Waals surface area contributed by atoms with Crippen LogP contribution in [-0.2, 0) is 13.0 Å². The Balaban J connectivity index is 2.16. The Morgan fingerprint density at radius 1 is 1.04 bits per heavy atom. The first-order valence-corrected chi connectivity index (χ1v) is 9.90. The van der Waals surface area contributed by atoms with Crippen LogP contribution in [0.3, 0.4) is 0 Å². The Kier molecular flexibility index (Phi) is 5.84. The third-order valence-electron chi connectivity index (χ3n) is 4.39. The Morgan fingerprint density at radius 3 is 2.38 bits per heavy atom. The van der Waals surface area contributed by atoms with Crippen molar-refractivity contribution >= 4 is 17.2 Å². The number of carbonyl (C=O) groups excluding carboxylic acids is 1. The minimum atomic E-state index is -0.172. The zero-order valence-electron chi connectivity index (χ0n) is 15.5. The van der Waals surface area contributed by atoms with Gasteiger partial charge < -0.3 is 4.57 Å².